The lowest BCUT2D eigenvalue weighted by Gasteiger charge is -2.24. The maximum absolute atomic E-state index is 12.3. The molecule has 0 aliphatic carbocycles. The van der Waals surface area contributed by atoms with Crippen LogP contribution in [0, 0.1) is 0 Å². The fourth-order valence-electron chi connectivity index (χ4n) is 1.30. The summed E-state index contributed by atoms with van der Waals surface area (Å²) in [5.74, 6) is -2.08. The largest absolute Gasteiger partial charge is 0.480 e. The molecule has 1 amide bonds. The van der Waals surface area contributed by atoms with Gasteiger partial charge < -0.3 is 10.4 Å². The van der Waals surface area contributed by atoms with Crippen molar-refractivity contribution in [3.63, 3.8) is 0 Å². The zero-order valence-corrected chi connectivity index (χ0v) is 10.8. The van der Waals surface area contributed by atoms with E-state index < -0.39 is 29.2 Å². The van der Waals surface area contributed by atoms with Gasteiger partial charge in [0.05, 0.1) is 5.56 Å². The number of rotatable bonds is 4. The molecule has 0 fully saturated rings. The van der Waals surface area contributed by atoms with Gasteiger partial charge in [-0.2, -0.15) is 13.2 Å². The van der Waals surface area contributed by atoms with Crippen LogP contribution in [0.15, 0.2) is 18.3 Å². The molecular weight excluding hydrogens is 277 g/mol. The van der Waals surface area contributed by atoms with Crippen LogP contribution in [-0.2, 0) is 11.0 Å². The lowest BCUT2D eigenvalue weighted by molar-refractivity contribution is -0.143. The molecular formula is C12H13F3N2O3. The van der Waals surface area contributed by atoms with E-state index in [9.17, 15) is 22.8 Å². The van der Waals surface area contributed by atoms with Gasteiger partial charge in [0.2, 0.25) is 0 Å². The number of aromatic nitrogens is 1. The van der Waals surface area contributed by atoms with Crippen LogP contribution in [0.3, 0.4) is 0 Å². The lowest BCUT2D eigenvalue weighted by Crippen LogP contribution is -2.51. The SMILES string of the molecule is CCC(C)(NC(=O)c1ccc(C(F)(F)F)cn1)C(=O)O. The third-order valence-corrected chi connectivity index (χ3v) is 2.89. The number of halogens is 3. The summed E-state index contributed by atoms with van der Waals surface area (Å²) >= 11 is 0. The van der Waals surface area contributed by atoms with Crippen molar-refractivity contribution in [1.29, 1.82) is 0 Å². The maximum atomic E-state index is 12.3. The van der Waals surface area contributed by atoms with Crippen molar-refractivity contribution in [2.24, 2.45) is 0 Å². The van der Waals surface area contributed by atoms with Crippen LogP contribution in [0.5, 0.6) is 0 Å². The summed E-state index contributed by atoms with van der Waals surface area (Å²) in [6, 6.07) is 1.61. The number of hydrogen-bond donors (Lipinski definition) is 2. The molecule has 20 heavy (non-hydrogen) atoms. The van der Waals surface area contributed by atoms with Crippen LogP contribution < -0.4 is 5.32 Å². The van der Waals surface area contributed by atoms with Crippen molar-refractivity contribution in [3.8, 4) is 0 Å². The van der Waals surface area contributed by atoms with E-state index in [0.29, 0.717) is 12.3 Å². The van der Waals surface area contributed by atoms with Gasteiger partial charge in [-0.3, -0.25) is 9.78 Å². The van der Waals surface area contributed by atoms with E-state index in [4.69, 9.17) is 5.11 Å². The van der Waals surface area contributed by atoms with Gasteiger partial charge >= 0.3 is 12.1 Å². The monoisotopic (exact) mass is 290 g/mol. The summed E-state index contributed by atoms with van der Waals surface area (Å²) in [7, 11) is 0. The molecule has 0 aliphatic heterocycles. The standard InChI is InChI=1S/C12H13F3N2O3/c1-3-11(2,10(19)20)17-9(18)8-5-4-7(6-16-8)12(13,14)15/h4-6H,3H2,1-2H3,(H,17,18)(H,19,20). The van der Waals surface area contributed by atoms with Gasteiger partial charge in [-0.1, -0.05) is 6.92 Å². The predicted molar refractivity (Wildman–Crippen MR) is 63.0 cm³/mol. The second-order valence-electron chi connectivity index (χ2n) is 4.37. The van der Waals surface area contributed by atoms with Crippen molar-refractivity contribution in [2.45, 2.75) is 32.0 Å². The molecule has 1 atom stereocenters. The molecule has 1 heterocycles. The number of carboxylic acid groups (broad SMARTS) is 1. The van der Waals surface area contributed by atoms with Crippen molar-refractivity contribution >= 4 is 11.9 Å². The van der Waals surface area contributed by atoms with Gasteiger partial charge in [-0.25, -0.2) is 4.79 Å². The van der Waals surface area contributed by atoms with Gasteiger partial charge in [-0.15, -0.1) is 0 Å². The first kappa shape index (κ1) is 15.9. The molecule has 1 unspecified atom stereocenters. The van der Waals surface area contributed by atoms with Gasteiger partial charge in [0.15, 0.2) is 0 Å². The second kappa shape index (κ2) is 5.48. The minimum atomic E-state index is -4.54. The Labute approximate surface area is 112 Å². The number of carbonyl (C=O) groups excluding carboxylic acids is 1. The highest BCUT2D eigenvalue weighted by Gasteiger charge is 2.34. The summed E-state index contributed by atoms with van der Waals surface area (Å²) in [5.41, 5.74) is -2.76. The van der Waals surface area contributed by atoms with Gasteiger partial charge in [0.25, 0.3) is 5.91 Å². The Morgan fingerprint density at radius 2 is 1.95 bits per heavy atom. The average molecular weight is 290 g/mol. The minimum Gasteiger partial charge on any atom is -0.480 e. The Kier molecular flexibility index (Phi) is 4.36. The third-order valence-electron chi connectivity index (χ3n) is 2.89. The smallest absolute Gasteiger partial charge is 0.417 e. The average Bonchev–Trinajstić information content (AvgIpc) is 2.37. The molecule has 8 heteroatoms. The van der Waals surface area contributed by atoms with Crippen LogP contribution in [-0.4, -0.2) is 27.5 Å². The topological polar surface area (TPSA) is 79.3 Å². The van der Waals surface area contributed by atoms with E-state index in [1.165, 1.54) is 6.92 Å². The molecule has 110 valence electrons. The number of hydrogen-bond acceptors (Lipinski definition) is 3. The Morgan fingerprint density at radius 3 is 2.30 bits per heavy atom. The van der Waals surface area contributed by atoms with E-state index in [1.54, 1.807) is 6.92 Å². The first-order valence-corrected chi connectivity index (χ1v) is 5.69. The number of amides is 1. The minimum absolute atomic E-state index is 0.120. The van der Waals surface area contributed by atoms with Crippen LogP contribution >= 0.6 is 0 Å². The van der Waals surface area contributed by atoms with Gasteiger partial charge in [-0.05, 0) is 25.5 Å². The number of aliphatic carboxylic acids is 1. The Bertz CT molecular complexity index is 514. The molecule has 0 spiro atoms. The molecule has 0 aromatic carbocycles. The van der Waals surface area contributed by atoms with Crippen LogP contribution in [0.2, 0.25) is 0 Å². The van der Waals surface area contributed by atoms with Crippen LogP contribution in [0.1, 0.15) is 36.3 Å². The normalized spacial score (nSPS) is 14.4. The van der Waals surface area contributed by atoms with E-state index in [2.05, 4.69) is 10.3 Å². The highest BCUT2D eigenvalue weighted by Crippen LogP contribution is 2.28. The Balaban J connectivity index is 2.91. The zero-order valence-electron chi connectivity index (χ0n) is 10.8. The van der Waals surface area contributed by atoms with E-state index in [1.807, 2.05) is 0 Å². The number of pyridine rings is 1. The number of carbonyl (C=O) groups is 2. The fraction of sp³-hybridized carbons (Fsp3) is 0.417. The first-order valence-electron chi connectivity index (χ1n) is 5.69. The highest BCUT2D eigenvalue weighted by atomic mass is 19.4. The molecule has 1 rings (SSSR count). The Hall–Kier alpha value is -2.12. The van der Waals surface area contributed by atoms with Crippen molar-refractivity contribution in [1.82, 2.24) is 10.3 Å². The Morgan fingerprint density at radius 1 is 1.35 bits per heavy atom. The second-order valence-corrected chi connectivity index (χ2v) is 4.37. The number of alkyl halides is 3. The quantitative estimate of drug-likeness (QED) is 0.889. The molecule has 1 aromatic heterocycles. The van der Waals surface area contributed by atoms with E-state index >= 15 is 0 Å². The first-order chi connectivity index (χ1) is 9.10. The molecule has 2 N–H and O–H groups in total. The maximum Gasteiger partial charge on any atom is 0.417 e. The number of nitrogens with one attached hydrogen (secondary N) is 1. The summed E-state index contributed by atoms with van der Waals surface area (Å²) in [4.78, 5) is 26.2. The number of carboxylic acids is 1. The van der Waals surface area contributed by atoms with Crippen LogP contribution in [0.4, 0.5) is 13.2 Å². The van der Waals surface area contributed by atoms with E-state index in [-0.39, 0.29) is 12.1 Å². The fourth-order valence-corrected chi connectivity index (χ4v) is 1.30. The zero-order chi connectivity index (χ0) is 15.6. The molecule has 0 radical (unpaired) electrons. The van der Waals surface area contributed by atoms with Crippen molar-refractivity contribution in [3.05, 3.63) is 29.6 Å². The van der Waals surface area contributed by atoms with Gasteiger partial charge in [0.1, 0.15) is 11.2 Å². The molecule has 1 aromatic rings. The molecule has 0 aliphatic rings. The number of nitrogens with zero attached hydrogens (tertiary/aromatic N) is 1. The van der Waals surface area contributed by atoms with Crippen molar-refractivity contribution in [2.75, 3.05) is 0 Å². The summed E-state index contributed by atoms with van der Waals surface area (Å²) < 4.78 is 37.0. The van der Waals surface area contributed by atoms with Crippen molar-refractivity contribution < 1.29 is 27.9 Å². The summed E-state index contributed by atoms with van der Waals surface area (Å²) in [5, 5.41) is 11.2. The summed E-state index contributed by atoms with van der Waals surface area (Å²) in [6.07, 6.45) is -3.89. The highest BCUT2D eigenvalue weighted by molar-refractivity contribution is 5.96. The third kappa shape index (κ3) is 3.46. The van der Waals surface area contributed by atoms with Gasteiger partial charge in [0, 0.05) is 6.20 Å². The lowest BCUT2D eigenvalue weighted by atomic mass is 9.99. The molecule has 0 bridgehead atoms. The predicted octanol–water partition coefficient (Wildman–Crippen LogP) is 2.08. The molecule has 0 saturated carbocycles. The van der Waals surface area contributed by atoms with Crippen LogP contribution in [0.25, 0.3) is 0 Å². The summed E-state index contributed by atoms with van der Waals surface area (Å²) in [6.45, 7) is 2.87. The molecule has 5 nitrogen and oxygen atoms in total. The molecule has 0 saturated heterocycles. The van der Waals surface area contributed by atoms with E-state index in [0.717, 1.165) is 6.07 Å².